The zero-order valence-electron chi connectivity index (χ0n) is 9.51. The van der Waals surface area contributed by atoms with Gasteiger partial charge in [0.15, 0.2) is 0 Å². The van der Waals surface area contributed by atoms with Crippen LogP contribution < -0.4 is 0 Å². The van der Waals surface area contributed by atoms with Crippen LogP contribution in [-0.4, -0.2) is 11.2 Å². The van der Waals surface area contributed by atoms with Crippen molar-refractivity contribution in [2.24, 2.45) is 0 Å². The molecule has 1 heteroatoms. The highest BCUT2D eigenvalue weighted by molar-refractivity contribution is 5.55. The smallest absolute Gasteiger partial charge is 0.0658 e. The minimum atomic E-state index is -0.218. The molecule has 0 spiro atoms. The van der Waals surface area contributed by atoms with E-state index in [0.29, 0.717) is 5.92 Å². The van der Waals surface area contributed by atoms with E-state index in [9.17, 15) is 5.11 Å². The maximum atomic E-state index is 10.3. The van der Waals surface area contributed by atoms with Gasteiger partial charge in [-0.3, -0.25) is 0 Å². The van der Waals surface area contributed by atoms with E-state index in [1.165, 1.54) is 22.3 Å². The molecule has 0 unspecified atom stereocenters. The van der Waals surface area contributed by atoms with Gasteiger partial charge in [0.1, 0.15) is 0 Å². The molecule has 3 aliphatic carbocycles. The van der Waals surface area contributed by atoms with Crippen molar-refractivity contribution in [2.45, 2.75) is 24.4 Å². The van der Waals surface area contributed by atoms with Crippen molar-refractivity contribution in [1.29, 1.82) is 0 Å². The third kappa shape index (κ3) is 1.12. The molecule has 1 N–H and O–H groups in total. The van der Waals surface area contributed by atoms with Crippen LogP contribution in [0.1, 0.15) is 40.5 Å². The van der Waals surface area contributed by atoms with Crippen molar-refractivity contribution >= 4 is 0 Å². The molecular formula is C16H14O. The third-order valence-electron chi connectivity index (χ3n) is 4.27. The monoisotopic (exact) mass is 222 g/mol. The van der Waals surface area contributed by atoms with Gasteiger partial charge in [-0.1, -0.05) is 48.5 Å². The minimum absolute atomic E-state index is 0.187. The number of rotatable bonds is 0. The summed E-state index contributed by atoms with van der Waals surface area (Å²) in [5.41, 5.74) is 5.49. The van der Waals surface area contributed by atoms with Crippen LogP contribution in [0.25, 0.3) is 0 Å². The average Bonchev–Trinajstić information content (AvgIpc) is 2.39. The molecule has 84 valence electrons. The number of hydrogen-bond donors (Lipinski definition) is 1. The van der Waals surface area contributed by atoms with Gasteiger partial charge in [0.05, 0.1) is 6.10 Å². The first-order valence-electron chi connectivity index (χ1n) is 6.22. The molecule has 0 heterocycles. The Morgan fingerprint density at radius 3 is 1.76 bits per heavy atom. The molecule has 2 aromatic rings. The molecule has 1 nitrogen and oxygen atoms in total. The molecule has 3 aliphatic rings. The van der Waals surface area contributed by atoms with E-state index in [2.05, 4.69) is 48.5 Å². The van der Waals surface area contributed by atoms with Crippen LogP contribution >= 0.6 is 0 Å². The summed E-state index contributed by atoms with van der Waals surface area (Å²) in [6.45, 7) is 0. The molecule has 17 heavy (non-hydrogen) atoms. The summed E-state index contributed by atoms with van der Waals surface area (Å²) in [5, 5.41) is 10.3. The molecule has 0 radical (unpaired) electrons. The van der Waals surface area contributed by atoms with Gasteiger partial charge in [0.25, 0.3) is 0 Å². The first kappa shape index (κ1) is 9.43. The fraction of sp³-hybridized carbons (Fsp3) is 0.250. The van der Waals surface area contributed by atoms with Crippen molar-refractivity contribution in [3.63, 3.8) is 0 Å². The summed E-state index contributed by atoms with van der Waals surface area (Å²) in [6.07, 6.45) is 0.656. The largest absolute Gasteiger partial charge is 0.392 e. The van der Waals surface area contributed by atoms with Crippen LogP contribution in [0.5, 0.6) is 0 Å². The quantitative estimate of drug-likeness (QED) is 0.726. The molecule has 0 fully saturated rings. The summed E-state index contributed by atoms with van der Waals surface area (Å²) < 4.78 is 0. The van der Waals surface area contributed by atoms with Gasteiger partial charge in [0, 0.05) is 11.8 Å². The highest BCUT2D eigenvalue weighted by atomic mass is 16.3. The standard InChI is InChI=1S/C16H14O/c17-15-9-14-10-5-1-3-7-12(10)16(15)13-8-4-2-6-11(13)14/h1-8,14-17H,9H2/t14?,15-,16?/m0/s1. The number of aliphatic hydroxyl groups excluding tert-OH is 1. The first-order valence-corrected chi connectivity index (χ1v) is 6.22. The second-order valence-corrected chi connectivity index (χ2v) is 5.09. The zero-order chi connectivity index (χ0) is 11.4. The Bertz CT molecular complexity index is 540. The third-order valence-corrected chi connectivity index (χ3v) is 4.27. The first-order chi connectivity index (χ1) is 8.36. The Balaban J connectivity index is 2.04. The van der Waals surface area contributed by atoms with Gasteiger partial charge in [-0.25, -0.2) is 0 Å². The van der Waals surface area contributed by atoms with Crippen LogP contribution in [0.3, 0.4) is 0 Å². The van der Waals surface area contributed by atoms with E-state index in [0.717, 1.165) is 6.42 Å². The van der Waals surface area contributed by atoms with E-state index in [-0.39, 0.29) is 12.0 Å². The van der Waals surface area contributed by atoms with Gasteiger partial charge in [-0.05, 0) is 28.7 Å². The second-order valence-electron chi connectivity index (χ2n) is 5.09. The summed E-state index contributed by atoms with van der Waals surface area (Å²) in [6, 6.07) is 17.1. The van der Waals surface area contributed by atoms with Gasteiger partial charge < -0.3 is 5.11 Å². The van der Waals surface area contributed by atoms with E-state index in [1.54, 1.807) is 0 Å². The predicted molar refractivity (Wildman–Crippen MR) is 67.2 cm³/mol. The van der Waals surface area contributed by atoms with E-state index in [4.69, 9.17) is 0 Å². The lowest BCUT2D eigenvalue weighted by molar-refractivity contribution is 0.124. The molecule has 5 rings (SSSR count). The van der Waals surface area contributed by atoms with Crippen molar-refractivity contribution < 1.29 is 5.11 Å². The maximum absolute atomic E-state index is 10.3. The Morgan fingerprint density at radius 1 is 0.765 bits per heavy atom. The summed E-state index contributed by atoms with van der Waals surface area (Å²) in [4.78, 5) is 0. The minimum Gasteiger partial charge on any atom is -0.392 e. The van der Waals surface area contributed by atoms with Crippen LogP contribution in [0.15, 0.2) is 48.5 Å². The Kier molecular flexibility index (Phi) is 1.78. The van der Waals surface area contributed by atoms with Gasteiger partial charge >= 0.3 is 0 Å². The fourth-order valence-electron chi connectivity index (χ4n) is 3.60. The van der Waals surface area contributed by atoms with Crippen molar-refractivity contribution in [3.8, 4) is 0 Å². The lowest BCUT2D eigenvalue weighted by Gasteiger charge is -2.43. The van der Waals surface area contributed by atoms with Crippen LogP contribution in [-0.2, 0) is 0 Å². The van der Waals surface area contributed by atoms with Crippen molar-refractivity contribution in [2.75, 3.05) is 0 Å². The van der Waals surface area contributed by atoms with Crippen LogP contribution in [0.4, 0.5) is 0 Å². The van der Waals surface area contributed by atoms with Crippen LogP contribution in [0.2, 0.25) is 0 Å². The molecule has 2 aromatic carbocycles. The molecule has 0 aromatic heterocycles. The number of benzene rings is 2. The lowest BCUT2D eigenvalue weighted by Crippen LogP contribution is -2.35. The van der Waals surface area contributed by atoms with E-state index >= 15 is 0 Å². The van der Waals surface area contributed by atoms with Crippen molar-refractivity contribution in [3.05, 3.63) is 70.8 Å². The summed E-state index contributed by atoms with van der Waals surface area (Å²) in [7, 11) is 0. The Hall–Kier alpha value is -1.60. The van der Waals surface area contributed by atoms with Crippen molar-refractivity contribution in [1.82, 2.24) is 0 Å². The maximum Gasteiger partial charge on any atom is 0.0658 e. The number of aliphatic hydroxyl groups is 1. The zero-order valence-corrected chi connectivity index (χ0v) is 9.51. The molecule has 0 aliphatic heterocycles. The second kappa shape index (κ2) is 3.21. The molecule has 2 bridgehead atoms. The highest BCUT2D eigenvalue weighted by Crippen LogP contribution is 2.52. The van der Waals surface area contributed by atoms with E-state index < -0.39 is 0 Å². The Labute approximate surface area is 101 Å². The molecule has 0 saturated heterocycles. The Morgan fingerprint density at radius 2 is 1.24 bits per heavy atom. The van der Waals surface area contributed by atoms with E-state index in [1.807, 2.05) is 0 Å². The lowest BCUT2D eigenvalue weighted by atomic mass is 9.62. The normalized spacial score (nSPS) is 28.6. The SMILES string of the molecule is O[C@H]1CC2c3ccccc3C1c1ccccc12. The molecule has 0 saturated carbocycles. The van der Waals surface area contributed by atoms with Gasteiger partial charge in [-0.15, -0.1) is 0 Å². The predicted octanol–water partition coefficient (Wildman–Crippen LogP) is 3.03. The van der Waals surface area contributed by atoms with Gasteiger partial charge in [-0.2, -0.15) is 0 Å². The van der Waals surface area contributed by atoms with Crippen LogP contribution in [0, 0.1) is 0 Å². The summed E-state index contributed by atoms with van der Waals surface area (Å²) >= 11 is 0. The number of fused-ring (bicyclic) bond motifs is 1. The molecule has 1 atom stereocenters. The average molecular weight is 222 g/mol. The molecule has 0 amide bonds. The van der Waals surface area contributed by atoms with Gasteiger partial charge in [0.2, 0.25) is 0 Å². The topological polar surface area (TPSA) is 20.2 Å². The summed E-state index contributed by atoms with van der Waals surface area (Å²) in [5.74, 6) is 0.579. The number of hydrogen-bond acceptors (Lipinski definition) is 1. The fourth-order valence-corrected chi connectivity index (χ4v) is 3.60. The highest BCUT2D eigenvalue weighted by Gasteiger charge is 2.42. The molecular weight excluding hydrogens is 208 g/mol.